The van der Waals surface area contributed by atoms with Crippen molar-refractivity contribution >= 4 is 5.97 Å². The van der Waals surface area contributed by atoms with Crippen LogP contribution in [0.3, 0.4) is 0 Å². The Labute approximate surface area is 100.0 Å². The highest BCUT2D eigenvalue weighted by molar-refractivity contribution is 6.00. The maximum absolute atomic E-state index is 11.7. The number of aliphatic hydroxyl groups excluding tert-OH is 1. The molecule has 0 unspecified atom stereocenters. The molecule has 0 atom stereocenters. The third kappa shape index (κ3) is 2.15. The van der Waals surface area contributed by atoms with E-state index >= 15 is 0 Å². The molecular weight excluding hydrogens is 216 g/mol. The van der Waals surface area contributed by atoms with E-state index in [2.05, 4.69) is 0 Å². The van der Waals surface area contributed by atoms with Crippen molar-refractivity contribution in [1.82, 2.24) is 0 Å². The predicted octanol–water partition coefficient (Wildman–Crippen LogP) is 2.11. The van der Waals surface area contributed by atoms with E-state index in [1.165, 1.54) is 7.11 Å². The monoisotopic (exact) mass is 230 g/mol. The van der Waals surface area contributed by atoms with Gasteiger partial charge in [0.15, 0.2) is 0 Å². The smallest absolute Gasteiger partial charge is 0.338 e. The van der Waals surface area contributed by atoms with Crippen molar-refractivity contribution in [3.63, 3.8) is 0 Å². The number of hydrogen-bond acceptors (Lipinski definition) is 3. The van der Waals surface area contributed by atoms with E-state index in [4.69, 9.17) is 9.84 Å². The molecule has 0 aliphatic heterocycles. The Morgan fingerprint density at radius 1 is 1.24 bits per heavy atom. The Hall–Kier alpha value is -1.87. The molecule has 2 aliphatic rings. The van der Waals surface area contributed by atoms with Crippen molar-refractivity contribution in [2.45, 2.75) is 6.42 Å². The van der Waals surface area contributed by atoms with E-state index in [0.717, 1.165) is 16.7 Å². The van der Waals surface area contributed by atoms with E-state index in [1.807, 2.05) is 30.3 Å². The highest BCUT2D eigenvalue weighted by Gasteiger charge is 2.19. The van der Waals surface area contributed by atoms with Gasteiger partial charge in [0.1, 0.15) is 0 Å². The first-order valence-electron chi connectivity index (χ1n) is 5.47. The molecular formula is C14H14O3. The van der Waals surface area contributed by atoms with Gasteiger partial charge < -0.3 is 9.84 Å². The number of aliphatic hydroxyl groups is 1. The van der Waals surface area contributed by atoms with Crippen LogP contribution in [0.4, 0.5) is 0 Å². The molecule has 0 bridgehead atoms. The van der Waals surface area contributed by atoms with Crippen LogP contribution >= 0.6 is 0 Å². The molecule has 0 saturated heterocycles. The minimum atomic E-state index is -0.342. The Balaban J connectivity index is 2.59. The Kier molecular flexibility index (Phi) is 3.40. The Morgan fingerprint density at radius 2 is 1.94 bits per heavy atom. The molecule has 0 aromatic heterocycles. The first-order valence-corrected chi connectivity index (χ1v) is 5.47. The van der Waals surface area contributed by atoms with Gasteiger partial charge in [-0.2, -0.15) is 0 Å². The van der Waals surface area contributed by atoms with Crippen LogP contribution in [0, 0.1) is 0 Å². The second-order valence-electron chi connectivity index (χ2n) is 3.79. The fourth-order valence-electron chi connectivity index (χ4n) is 2.00. The van der Waals surface area contributed by atoms with Crippen LogP contribution < -0.4 is 0 Å². The van der Waals surface area contributed by atoms with Gasteiger partial charge in [0, 0.05) is 6.61 Å². The second-order valence-corrected chi connectivity index (χ2v) is 3.79. The molecule has 0 radical (unpaired) electrons. The van der Waals surface area contributed by atoms with Gasteiger partial charge in [0.05, 0.1) is 12.7 Å². The number of hydrogen-bond donors (Lipinski definition) is 1. The van der Waals surface area contributed by atoms with Gasteiger partial charge in [-0.3, -0.25) is 0 Å². The number of fused-ring (bicyclic) bond motifs is 1. The van der Waals surface area contributed by atoms with Gasteiger partial charge in [-0.1, -0.05) is 30.3 Å². The van der Waals surface area contributed by atoms with Crippen LogP contribution in [-0.2, 0) is 11.2 Å². The molecule has 0 fully saturated rings. The molecule has 0 spiro atoms. The molecule has 0 amide bonds. The summed E-state index contributed by atoms with van der Waals surface area (Å²) < 4.78 is 4.77. The van der Waals surface area contributed by atoms with Gasteiger partial charge in [-0.15, -0.1) is 0 Å². The summed E-state index contributed by atoms with van der Waals surface area (Å²) in [5, 5.41) is 9.03. The average Bonchev–Trinajstić information content (AvgIpc) is 2.54. The zero-order chi connectivity index (χ0) is 12.3. The van der Waals surface area contributed by atoms with Crippen molar-refractivity contribution in [2.24, 2.45) is 0 Å². The highest BCUT2D eigenvalue weighted by Crippen LogP contribution is 2.32. The Bertz CT molecular complexity index is 505. The SMILES string of the molecule is COC(=O)c1cc(CCO)c2cccccc1-2. The van der Waals surface area contributed by atoms with Crippen molar-refractivity contribution in [3.8, 4) is 11.1 Å². The summed E-state index contributed by atoms with van der Waals surface area (Å²) in [6.45, 7) is 0.0678. The molecule has 3 heteroatoms. The summed E-state index contributed by atoms with van der Waals surface area (Å²) in [6, 6.07) is 11.4. The first kappa shape index (κ1) is 11.6. The summed E-state index contributed by atoms with van der Waals surface area (Å²) in [5.74, 6) is -0.342. The molecule has 1 N–H and O–H groups in total. The third-order valence-corrected chi connectivity index (χ3v) is 2.78. The van der Waals surface area contributed by atoms with E-state index in [-0.39, 0.29) is 12.6 Å². The minimum absolute atomic E-state index is 0.0678. The number of methoxy groups -OCH3 is 1. The lowest BCUT2D eigenvalue weighted by Gasteiger charge is -2.00. The van der Waals surface area contributed by atoms with Gasteiger partial charge in [-0.05, 0) is 29.2 Å². The van der Waals surface area contributed by atoms with E-state index in [1.54, 1.807) is 6.07 Å². The van der Waals surface area contributed by atoms with E-state index in [9.17, 15) is 4.79 Å². The zero-order valence-corrected chi connectivity index (χ0v) is 9.64. The topological polar surface area (TPSA) is 46.5 Å². The molecule has 0 heterocycles. The van der Waals surface area contributed by atoms with Crippen LogP contribution in [-0.4, -0.2) is 24.8 Å². The van der Waals surface area contributed by atoms with E-state index in [0.29, 0.717) is 12.0 Å². The number of esters is 1. The van der Waals surface area contributed by atoms with Crippen LogP contribution in [0.5, 0.6) is 0 Å². The maximum Gasteiger partial charge on any atom is 0.338 e. The second kappa shape index (κ2) is 4.97. The fraction of sp³-hybridized carbons (Fsp3) is 0.214. The van der Waals surface area contributed by atoms with Crippen molar-refractivity contribution < 1.29 is 14.6 Å². The quantitative estimate of drug-likeness (QED) is 0.821. The molecule has 88 valence electrons. The summed E-state index contributed by atoms with van der Waals surface area (Å²) in [4.78, 5) is 11.7. The van der Waals surface area contributed by atoms with Gasteiger partial charge in [-0.25, -0.2) is 4.79 Å². The summed E-state index contributed by atoms with van der Waals surface area (Å²) in [5.41, 5.74) is 3.39. The standard InChI is InChI=1S/C14H14O3/c1-17-14(16)13-9-10(7-8-15)11-5-3-2-4-6-12(11)13/h2-6,9,15H,7-8H2,1H3. The van der Waals surface area contributed by atoms with Crippen molar-refractivity contribution in [2.75, 3.05) is 13.7 Å². The number of carbonyl (C=O) groups excluding carboxylic acids is 1. The lowest BCUT2D eigenvalue weighted by atomic mass is 10.1. The molecule has 0 aromatic carbocycles. The van der Waals surface area contributed by atoms with Gasteiger partial charge in [0.2, 0.25) is 0 Å². The van der Waals surface area contributed by atoms with Crippen LogP contribution in [0.15, 0.2) is 36.4 Å². The van der Waals surface area contributed by atoms with Gasteiger partial charge >= 0.3 is 5.97 Å². The van der Waals surface area contributed by atoms with Crippen molar-refractivity contribution in [3.05, 3.63) is 47.5 Å². The number of rotatable bonds is 3. The number of carbonyl (C=O) groups is 1. The molecule has 2 aliphatic carbocycles. The third-order valence-electron chi connectivity index (χ3n) is 2.78. The minimum Gasteiger partial charge on any atom is -0.465 e. The Morgan fingerprint density at radius 3 is 2.59 bits per heavy atom. The first-order chi connectivity index (χ1) is 8.27. The van der Waals surface area contributed by atoms with Gasteiger partial charge in [0.25, 0.3) is 0 Å². The predicted molar refractivity (Wildman–Crippen MR) is 65.2 cm³/mol. The zero-order valence-electron chi connectivity index (χ0n) is 9.64. The normalized spacial score (nSPS) is 10.5. The lowest BCUT2D eigenvalue weighted by Crippen LogP contribution is -2.00. The van der Waals surface area contributed by atoms with E-state index < -0.39 is 0 Å². The van der Waals surface area contributed by atoms with Crippen LogP contribution in [0.25, 0.3) is 11.1 Å². The summed E-state index contributed by atoms with van der Waals surface area (Å²) in [7, 11) is 1.37. The highest BCUT2D eigenvalue weighted by atomic mass is 16.5. The van der Waals surface area contributed by atoms with Crippen LogP contribution in [0.2, 0.25) is 0 Å². The molecule has 3 nitrogen and oxygen atoms in total. The summed E-state index contributed by atoms with van der Waals surface area (Å²) >= 11 is 0. The molecule has 17 heavy (non-hydrogen) atoms. The lowest BCUT2D eigenvalue weighted by molar-refractivity contribution is 0.0602. The average molecular weight is 230 g/mol. The number of ether oxygens (including phenoxy) is 1. The summed E-state index contributed by atoms with van der Waals surface area (Å²) in [6.07, 6.45) is 0.539. The molecule has 2 rings (SSSR count). The van der Waals surface area contributed by atoms with Crippen molar-refractivity contribution in [1.29, 1.82) is 0 Å². The maximum atomic E-state index is 11.7. The van der Waals surface area contributed by atoms with Crippen LogP contribution in [0.1, 0.15) is 15.9 Å². The largest absolute Gasteiger partial charge is 0.465 e. The molecule has 0 aromatic rings. The molecule has 0 saturated carbocycles. The fourth-order valence-corrected chi connectivity index (χ4v) is 2.00.